The zero-order chi connectivity index (χ0) is 12.6. The fourth-order valence-corrected chi connectivity index (χ4v) is 1.95. The van der Waals surface area contributed by atoms with Gasteiger partial charge in [0.15, 0.2) is 13.3 Å². The Labute approximate surface area is 109 Å². The van der Waals surface area contributed by atoms with E-state index in [1.807, 2.05) is 0 Å². The first-order valence-corrected chi connectivity index (χ1v) is 5.81. The van der Waals surface area contributed by atoms with Gasteiger partial charge in [0.25, 0.3) is 5.91 Å². The summed E-state index contributed by atoms with van der Waals surface area (Å²) >= 11 is 8.98. The van der Waals surface area contributed by atoms with E-state index in [1.165, 1.54) is 12.1 Å². The molecule has 1 heterocycles. The van der Waals surface area contributed by atoms with Crippen molar-refractivity contribution in [2.75, 3.05) is 13.3 Å². The first-order chi connectivity index (χ1) is 8.01. The number of alkyl halides is 2. The summed E-state index contributed by atoms with van der Waals surface area (Å²) in [5.74, 6) is -0.531. The monoisotopic (exact) mass is 325 g/mol. The quantitative estimate of drug-likeness (QED) is 0.907. The lowest BCUT2D eigenvalue weighted by Crippen LogP contribution is -2.59. The normalized spacial score (nSPS) is 17.1. The molecule has 0 bridgehead atoms. The summed E-state index contributed by atoms with van der Waals surface area (Å²) in [5.41, 5.74) is -1.76. The number of ether oxygens (including phenoxy) is 1. The van der Waals surface area contributed by atoms with Crippen LogP contribution in [-0.4, -0.2) is 25.0 Å². The zero-order valence-corrected chi connectivity index (χ0v) is 10.7. The molecule has 0 radical (unpaired) electrons. The fourth-order valence-electron chi connectivity index (χ4n) is 1.46. The van der Waals surface area contributed by atoms with Gasteiger partial charge >= 0.3 is 0 Å². The molecule has 0 aliphatic carbocycles. The molecule has 1 amide bonds. The number of carbonyl (C=O) groups is 1. The van der Waals surface area contributed by atoms with E-state index >= 15 is 0 Å². The third-order valence-electron chi connectivity index (χ3n) is 2.35. The maximum Gasteiger partial charge on any atom is 0.258 e. The highest BCUT2D eigenvalue weighted by Gasteiger charge is 2.40. The minimum absolute atomic E-state index is 0.0669. The Bertz CT molecular complexity index is 480. The van der Waals surface area contributed by atoms with Crippen molar-refractivity contribution >= 4 is 33.4 Å². The largest absolute Gasteiger partial charge is 0.462 e. The van der Waals surface area contributed by atoms with Crippen LogP contribution in [0.1, 0.15) is 10.4 Å². The molecule has 1 aromatic carbocycles. The second-order valence-electron chi connectivity index (χ2n) is 3.58. The Kier molecular flexibility index (Phi) is 3.27. The number of amides is 1. The van der Waals surface area contributed by atoms with Gasteiger partial charge in [-0.3, -0.25) is 4.79 Å². The first kappa shape index (κ1) is 12.6. The molecule has 3 nitrogen and oxygen atoms in total. The minimum Gasteiger partial charge on any atom is -0.462 e. The Morgan fingerprint density at radius 3 is 2.65 bits per heavy atom. The van der Waals surface area contributed by atoms with Crippen LogP contribution in [0.15, 0.2) is 16.6 Å². The highest BCUT2D eigenvalue weighted by atomic mass is 79.9. The van der Waals surface area contributed by atoms with Crippen LogP contribution in [0, 0.1) is 0 Å². The summed E-state index contributed by atoms with van der Waals surface area (Å²) in [4.78, 5) is 11.7. The van der Waals surface area contributed by atoms with Gasteiger partial charge in [0.1, 0.15) is 5.75 Å². The van der Waals surface area contributed by atoms with Gasteiger partial charge in [-0.1, -0.05) is 11.6 Å². The van der Waals surface area contributed by atoms with Gasteiger partial charge < -0.3 is 10.1 Å². The van der Waals surface area contributed by atoms with E-state index in [4.69, 9.17) is 16.3 Å². The van der Waals surface area contributed by atoms with E-state index < -0.39 is 25.0 Å². The van der Waals surface area contributed by atoms with Crippen molar-refractivity contribution < 1.29 is 18.3 Å². The van der Waals surface area contributed by atoms with Gasteiger partial charge in [-0.25, -0.2) is 8.78 Å². The van der Waals surface area contributed by atoms with E-state index in [2.05, 4.69) is 21.2 Å². The maximum atomic E-state index is 12.8. The number of nitrogens with one attached hydrogen (secondary N) is 1. The highest BCUT2D eigenvalue weighted by Crippen LogP contribution is 2.35. The van der Waals surface area contributed by atoms with Crippen LogP contribution in [0.4, 0.5) is 8.78 Å². The molecule has 7 heteroatoms. The maximum absolute atomic E-state index is 12.8. The van der Waals surface area contributed by atoms with Gasteiger partial charge in [0, 0.05) is 10.5 Å². The molecule has 1 aliphatic heterocycles. The average Bonchev–Trinajstić information content (AvgIpc) is 2.31. The molecule has 0 saturated heterocycles. The third-order valence-corrected chi connectivity index (χ3v) is 3.54. The van der Waals surface area contributed by atoms with Crippen LogP contribution < -0.4 is 10.1 Å². The van der Waals surface area contributed by atoms with Gasteiger partial charge in [-0.2, -0.15) is 0 Å². The average molecular weight is 327 g/mol. The molecule has 92 valence electrons. The molecule has 1 aromatic rings. The molecule has 0 aromatic heterocycles. The third kappa shape index (κ3) is 2.11. The molecule has 0 atom stereocenters. The highest BCUT2D eigenvalue weighted by molar-refractivity contribution is 9.10. The Balaban J connectivity index is 2.49. The Morgan fingerprint density at radius 2 is 2.06 bits per heavy atom. The van der Waals surface area contributed by atoms with Crippen molar-refractivity contribution in [3.63, 3.8) is 0 Å². The number of hydrogen-bond acceptors (Lipinski definition) is 2. The van der Waals surface area contributed by atoms with Crippen molar-refractivity contribution in [1.29, 1.82) is 0 Å². The molecule has 2 rings (SSSR count). The van der Waals surface area contributed by atoms with Crippen LogP contribution in [0.2, 0.25) is 5.02 Å². The van der Waals surface area contributed by atoms with Crippen molar-refractivity contribution in [2.24, 2.45) is 0 Å². The van der Waals surface area contributed by atoms with Crippen LogP contribution in [-0.2, 0) is 0 Å². The molecule has 1 aliphatic rings. The van der Waals surface area contributed by atoms with Gasteiger partial charge in [0.05, 0.1) is 10.6 Å². The van der Waals surface area contributed by atoms with Crippen molar-refractivity contribution in [3.8, 4) is 5.75 Å². The number of rotatable bonds is 2. The summed E-state index contributed by atoms with van der Waals surface area (Å²) in [6, 6.07) is 2.78. The first-order valence-electron chi connectivity index (χ1n) is 4.64. The predicted octanol–water partition coefficient (Wildman–Crippen LogP) is 2.86. The molecule has 0 unspecified atom stereocenters. The van der Waals surface area contributed by atoms with E-state index in [0.29, 0.717) is 9.50 Å². The molecule has 0 spiro atoms. The lowest BCUT2D eigenvalue weighted by molar-refractivity contribution is -0.0169. The summed E-state index contributed by atoms with van der Waals surface area (Å²) in [7, 11) is 0. The molecule has 0 fully saturated rings. The van der Waals surface area contributed by atoms with Crippen LogP contribution in [0.25, 0.3) is 0 Å². The summed E-state index contributed by atoms with van der Waals surface area (Å²) in [5, 5.41) is 2.45. The smallest absolute Gasteiger partial charge is 0.258 e. The topological polar surface area (TPSA) is 38.3 Å². The summed E-state index contributed by atoms with van der Waals surface area (Å²) in [6.45, 7) is -2.33. The number of fused-ring (bicyclic) bond motifs is 1. The van der Waals surface area contributed by atoms with Gasteiger partial charge in [-0.05, 0) is 22.0 Å². The summed E-state index contributed by atoms with van der Waals surface area (Å²) < 4.78 is 31.2. The number of halogens is 4. The van der Waals surface area contributed by atoms with Crippen molar-refractivity contribution in [3.05, 3.63) is 27.2 Å². The van der Waals surface area contributed by atoms with Crippen LogP contribution in [0.5, 0.6) is 5.75 Å². The van der Waals surface area contributed by atoms with E-state index in [1.54, 1.807) is 0 Å². The summed E-state index contributed by atoms with van der Waals surface area (Å²) in [6.07, 6.45) is 0. The minimum atomic E-state index is -1.94. The molecule has 0 saturated carbocycles. The lowest BCUT2D eigenvalue weighted by Gasteiger charge is -2.34. The lowest BCUT2D eigenvalue weighted by atomic mass is 10.1. The van der Waals surface area contributed by atoms with Gasteiger partial charge in [0.2, 0.25) is 5.72 Å². The van der Waals surface area contributed by atoms with E-state index in [0.717, 1.165) is 0 Å². The standard InChI is InChI=1S/C10H7BrClF2NO2/c11-6-1-5-8(2-7(6)12)17-10(3-13,4-14)15-9(5)16/h1-2H,3-4H2,(H,15,16). The Hall–Kier alpha value is -0.880. The molecule has 17 heavy (non-hydrogen) atoms. The molecular formula is C10H7BrClF2NO2. The predicted molar refractivity (Wildman–Crippen MR) is 61.9 cm³/mol. The number of hydrogen-bond donors (Lipinski definition) is 1. The SMILES string of the molecule is O=C1NC(CF)(CF)Oc2cc(Cl)c(Br)cc21. The van der Waals surface area contributed by atoms with Crippen molar-refractivity contribution in [2.45, 2.75) is 5.72 Å². The second-order valence-corrected chi connectivity index (χ2v) is 4.84. The molecular weight excluding hydrogens is 319 g/mol. The zero-order valence-electron chi connectivity index (χ0n) is 8.40. The van der Waals surface area contributed by atoms with Crippen LogP contribution >= 0.6 is 27.5 Å². The van der Waals surface area contributed by atoms with E-state index in [-0.39, 0.29) is 11.3 Å². The van der Waals surface area contributed by atoms with Gasteiger partial charge in [-0.15, -0.1) is 0 Å². The number of carbonyl (C=O) groups excluding carboxylic acids is 1. The van der Waals surface area contributed by atoms with Crippen LogP contribution in [0.3, 0.4) is 0 Å². The Morgan fingerprint density at radius 1 is 1.41 bits per heavy atom. The van der Waals surface area contributed by atoms with Crippen molar-refractivity contribution in [1.82, 2.24) is 5.32 Å². The van der Waals surface area contributed by atoms with E-state index in [9.17, 15) is 13.6 Å². The second kappa shape index (κ2) is 4.42. The fraction of sp³-hybridized carbons (Fsp3) is 0.300. The number of benzene rings is 1. The molecule has 1 N–H and O–H groups in total.